The monoisotopic (exact) mass is 302 g/mol. The van der Waals surface area contributed by atoms with Gasteiger partial charge < -0.3 is 14.0 Å². The first-order valence-corrected chi connectivity index (χ1v) is 6.93. The standard InChI is InChI=1S/C16H18N2O4/c1-11(2)10-18-8-7-17-14(15(18)19)22-13-6-4-5-12(9-13)16(20)21-3/h4-9,11H,10H2,1-3H3. The van der Waals surface area contributed by atoms with Crippen LogP contribution in [-0.4, -0.2) is 22.6 Å². The zero-order valence-electron chi connectivity index (χ0n) is 12.8. The topological polar surface area (TPSA) is 70.4 Å². The fraction of sp³-hybridized carbons (Fsp3) is 0.312. The second-order valence-corrected chi connectivity index (χ2v) is 5.21. The van der Waals surface area contributed by atoms with Gasteiger partial charge in [-0.3, -0.25) is 4.79 Å². The van der Waals surface area contributed by atoms with Crippen molar-refractivity contribution >= 4 is 5.97 Å². The van der Waals surface area contributed by atoms with Crippen LogP contribution in [0.1, 0.15) is 24.2 Å². The minimum atomic E-state index is -0.469. The first-order chi connectivity index (χ1) is 10.5. The molecule has 6 heteroatoms. The Hall–Kier alpha value is -2.63. The van der Waals surface area contributed by atoms with E-state index in [9.17, 15) is 9.59 Å². The van der Waals surface area contributed by atoms with Crippen molar-refractivity contribution in [1.82, 2.24) is 9.55 Å². The number of aromatic nitrogens is 2. The molecule has 0 spiro atoms. The van der Waals surface area contributed by atoms with E-state index in [-0.39, 0.29) is 11.4 Å². The average molecular weight is 302 g/mol. The van der Waals surface area contributed by atoms with E-state index in [4.69, 9.17) is 4.74 Å². The van der Waals surface area contributed by atoms with Crippen molar-refractivity contribution in [3.63, 3.8) is 0 Å². The predicted octanol–water partition coefficient (Wildman–Crippen LogP) is 2.48. The molecule has 0 radical (unpaired) electrons. The maximum absolute atomic E-state index is 12.3. The zero-order chi connectivity index (χ0) is 16.1. The number of methoxy groups -OCH3 is 1. The Kier molecular flexibility index (Phi) is 4.93. The number of carbonyl (C=O) groups excluding carboxylic acids is 1. The number of hydrogen-bond donors (Lipinski definition) is 0. The number of carbonyl (C=O) groups is 1. The van der Waals surface area contributed by atoms with E-state index in [1.54, 1.807) is 29.0 Å². The molecule has 0 N–H and O–H groups in total. The zero-order valence-corrected chi connectivity index (χ0v) is 12.8. The highest BCUT2D eigenvalue weighted by molar-refractivity contribution is 5.89. The molecule has 0 saturated carbocycles. The van der Waals surface area contributed by atoms with E-state index in [2.05, 4.69) is 9.72 Å². The van der Waals surface area contributed by atoms with Gasteiger partial charge in [0.15, 0.2) is 0 Å². The van der Waals surface area contributed by atoms with Gasteiger partial charge in [-0.25, -0.2) is 9.78 Å². The molecule has 6 nitrogen and oxygen atoms in total. The summed E-state index contributed by atoms with van der Waals surface area (Å²) in [7, 11) is 1.30. The van der Waals surface area contributed by atoms with Crippen LogP contribution in [0, 0.1) is 5.92 Å². The third-order valence-electron chi connectivity index (χ3n) is 2.91. The summed E-state index contributed by atoms with van der Waals surface area (Å²) in [6.07, 6.45) is 3.14. The van der Waals surface area contributed by atoms with Gasteiger partial charge in [0.25, 0.3) is 5.88 Å². The molecule has 0 fully saturated rings. The third-order valence-corrected chi connectivity index (χ3v) is 2.91. The highest BCUT2D eigenvalue weighted by Crippen LogP contribution is 2.18. The van der Waals surface area contributed by atoms with Gasteiger partial charge in [-0.2, -0.15) is 0 Å². The number of rotatable bonds is 5. The molecule has 1 aromatic heterocycles. The van der Waals surface area contributed by atoms with Crippen LogP contribution in [0.25, 0.3) is 0 Å². The number of nitrogens with zero attached hydrogens (tertiary/aromatic N) is 2. The Morgan fingerprint density at radius 3 is 2.82 bits per heavy atom. The molecule has 0 aliphatic carbocycles. The normalized spacial score (nSPS) is 10.5. The van der Waals surface area contributed by atoms with Crippen molar-refractivity contribution in [3.8, 4) is 11.6 Å². The molecule has 0 unspecified atom stereocenters. The second kappa shape index (κ2) is 6.89. The molecule has 2 aromatic rings. The van der Waals surface area contributed by atoms with Crippen LogP contribution in [0.5, 0.6) is 11.6 Å². The molecule has 1 aromatic carbocycles. The molecular weight excluding hydrogens is 284 g/mol. The lowest BCUT2D eigenvalue weighted by atomic mass is 10.2. The van der Waals surface area contributed by atoms with Gasteiger partial charge in [-0.1, -0.05) is 19.9 Å². The fourth-order valence-corrected chi connectivity index (χ4v) is 1.95. The first kappa shape index (κ1) is 15.8. The minimum Gasteiger partial charge on any atom is -0.465 e. The first-order valence-electron chi connectivity index (χ1n) is 6.93. The summed E-state index contributed by atoms with van der Waals surface area (Å²) < 4.78 is 11.7. The van der Waals surface area contributed by atoms with Crippen molar-refractivity contribution in [2.24, 2.45) is 5.92 Å². The summed E-state index contributed by atoms with van der Waals surface area (Å²) in [4.78, 5) is 27.7. The minimum absolute atomic E-state index is 0.0230. The third kappa shape index (κ3) is 3.72. The van der Waals surface area contributed by atoms with Gasteiger partial charge in [-0.05, 0) is 24.1 Å². The predicted molar refractivity (Wildman–Crippen MR) is 81.2 cm³/mol. The van der Waals surface area contributed by atoms with Gasteiger partial charge >= 0.3 is 11.5 Å². The Morgan fingerprint density at radius 2 is 2.14 bits per heavy atom. The smallest absolute Gasteiger partial charge is 0.337 e. The maximum atomic E-state index is 12.3. The Balaban J connectivity index is 2.28. The lowest BCUT2D eigenvalue weighted by Gasteiger charge is -2.10. The largest absolute Gasteiger partial charge is 0.465 e. The highest BCUT2D eigenvalue weighted by Gasteiger charge is 2.11. The molecule has 0 amide bonds. The van der Waals surface area contributed by atoms with Crippen molar-refractivity contribution in [2.75, 3.05) is 7.11 Å². The highest BCUT2D eigenvalue weighted by atomic mass is 16.5. The van der Waals surface area contributed by atoms with Crippen molar-refractivity contribution in [2.45, 2.75) is 20.4 Å². The summed E-state index contributed by atoms with van der Waals surface area (Å²) in [6, 6.07) is 6.41. The fourth-order valence-electron chi connectivity index (χ4n) is 1.95. The molecule has 1 heterocycles. The summed E-state index contributed by atoms with van der Waals surface area (Å²) in [6.45, 7) is 4.63. The summed E-state index contributed by atoms with van der Waals surface area (Å²) in [5.74, 6) is 0.194. The molecule has 0 aliphatic rings. The Bertz CT molecular complexity index is 722. The molecule has 0 aliphatic heterocycles. The SMILES string of the molecule is COC(=O)c1cccc(Oc2nccn(CC(C)C)c2=O)c1. The van der Waals surface area contributed by atoms with E-state index in [1.807, 2.05) is 13.8 Å². The van der Waals surface area contributed by atoms with Crippen molar-refractivity contribution in [3.05, 3.63) is 52.6 Å². The average Bonchev–Trinajstić information content (AvgIpc) is 2.50. The van der Waals surface area contributed by atoms with Gasteiger partial charge in [-0.15, -0.1) is 0 Å². The van der Waals surface area contributed by atoms with Gasteiger partial charge in [0, 0.05) is 18.9 Å². The van der Waals surface area contributed by atoms with Gasteiger partial charge in [0.2, 0.25) is 0 Å². The molecular formula is C16H18N2O4. The van der Waals surface area contributed by atoms with Crippen LogP contribution in [-0.2, 0) is 11.3 Å². The lowest BCUT2D eigenvalue weighted by Crippen LogP contribution is -2.23. The number of esters is 1. The molecule has 2 rings (SSSR count). The quantitative estimate of drug-likeness (QED) is 0.794. The van der Waals surface area contributed by atoms with Crippen LogP contribution >= 0.6 is 0 Å². The van der Waals surface area contributed by atoms with Crippen LogP contribution < -0.4 is 10.3 Å². The maximum Gasteiger partial charge on any atom is 0.337 e. The van der Waals surface area contributed by atoms with E-state index < -0.39 is 5.97 Å². The number of ether oxygens (including phenoxy) is 2. The molecule has 0 atom stereocenters. The van der Waals surface area contributed by atoms with Crippen LogP contribution in [0.2, 0.25) is 0 Å². The second-order valence-electron chi connectivity index (χ2n) is 5.21. The number of hydrogen-bond acceptors (Lipinski definition) is 5. The van der Waals surface area contributed by atoms with Crippen LogP contribution in [0.4, 0.5) is 0 Å². The molecule has 0 bridgehead atoms. The summed E-state index contributed by atoms with van der Waals surface area (Å²) in [5, 5.41) is 0. The van der Waals surface area contributed by atoms with E-state index >= 15 is 0 Å². The molecule has 22 heavy (non-hydrogen) atoms. The van der Waals surface area contributed by atoms with Gasteiger partial charge in [0.1, 0.15) is 5.75 Å². The molecule has 116 valence electrons. The van der Waals surface area contributed by atoms with E-state index in [0.29, 0.717) is 23.8 Å². The number of benzene rings is 1. The van der Waals surface area contributed by atoms with Crippen molar-refractivity contribution in [1.29, 1.82) is 0 Å². The van der Waals surface area contributed by atoms with E-state index in [1.165, 1.54) is 19.4 Å². The molecule has 0 saturated heterocycles. The van der Waals surface area contributed by atoms with Crippen LogP contribution in [0.15, 0.2) is 41.5 Å². The lowest BCUT2D eigenvalue weighted by molar-refractivity contribution is 0.0600. The summed E-state index contributed by atoms with van der Waals surface area (Å²) in [5.41, 5.74) is 0.0399. The Labute approximate surface area is 128 Å². The van der Waals surface area contributed by atoms with Gasteiger partial charge in [0.05, 0.1) is 12.7 Å². The van der Waals surface area contributed by atoms with Crippen LogP contribution in [0.3, 0.4) is 0 Å². The Morgan fingerprint density at radius 1 is 1.36 bits per heavy atom. The van der Waals surface area contributed by atoms with Crippen molar-refractivity contribution < 1.29 is 14.3 Å². The summed E-state index contributed by atoms with van der Waals surface area (Å²) >= 11 is 0. The van der Waals surface area contributed by atoms with E-state index in [0.717, 1.165) is 0 Å².